The Morgan fingerprint density at radius 3 is 2.88 bits per heavy atom. The predicted molar refractivity (Wildman–Crippen MR) is 60.1 cm³/mol. The molecule has 1 aromatic rings. The van der Waals surface area contributed by atoms with Crippen LogP contribution in [0.5, 0.6) is 0 Å². The fourth-order valence-corrected chi connectivity index (χ4v) is 1.11. The predicted octanol–water partition coefficient (Wildman–Crippen LogP) is -0.365. The second-order valence-corrected chi connectivity index (χ2v) is 3.32. The van der Waals surface area contributed by atoms with E-state index in [2.05, 4.69) is 16.3 Å². The summed E-state index contributed by atoms with van der Waals surface area (Å²) < 4.78 is 6.36. The molecule has 1 rings (SSSR count). The molecule has 0 saturated heterocycles. The Labute approximate surface area is 98.9 Å². The molecule has 0 fully saturated rings. The second-order valence-electron chi connectivity index (χ2n) is 3.32. The van der Waals surface area contributed by atoms with Gasteiger partial charge in [0, 0.05) is 12.7 Å². The van der Waals surface area contributed by atoms with E-state index in [-0.39, 0.29) is 13.2 Å². The highest BCUT2D eigenvalue weighted by atomic mass is 16.5. The molecule has 90 valence electrons. The summed E-state index contributed by atoms with van der Waals surface area (Å²) in [5.41, 5.74) is 1.02. The van der Waals surface area contributed by atoms with Crippen LogP contribution in [0.4, 0.5) is 0 Å². The first-order valence-electron chi connectivity index (χ1n) is 4.92. The summed E-state index contributed by atoms with van der Waals surface area (Å²) in [5.74, 6) is 1.23. The summed E-state index contributed by atoms with van der Waals surface area (Å²) in [7, 11) is 1.71. The standard InChI is InChI=1S/C11H13N3O3/c1-4-5-12-10(15)7-17-11(16)9-6-13-14(3)8(9)2/h1,6H,5,7H2,2-3H3,(H,12,15). The molecule has 0 aliphatic rings. The molecule has 1 aromatic heterocycles. The van der Waals surface area contributed by atoms with Crippen LogP contribution >= 0.6 is 0 Å². The highest BCUT2D eigenvalue weighted by molar-refractivity contribution is 5.92. The zero-order valence-electron chi connectivity index (χ0n) is 9.69. The van der Waals surface area contributed by atoms with Crippen LogP contribution in [-0.2, 0) is 16.6 Å². The topological polar surface area (TPSA) is 73.2 Å². The van der Waals surface area contributed by atoms with Crippen LogP contribution in [0.3, 0.4) is 0 Å². The van der Waals surface area contributed by atoms with E-state index in [1.807, 2.05) is 0 Å². The summed E-state index contributed by atoms with van der Waals surface area (Å²) in [5, 5.41) is 6.29. The SMILES string of the molecule is C#CCNC(=O)COC(=O)c1cnn(C)c1C. The lowest BCUT2D eigenvalue weighted by Crippen LogP contribution is -2.29. The van der Waals surface area contributed by atoms with Crippen LogP contribution in [0.1, 0.15) is 16.1 Å². The van der Waals surface area contributed by atoms with E-state index >= 15 is 0 Å². The van der Waals surface area contributed by atoms with Gasteiger partial charge in [0.05, 0.1) is 12.7 Å². The highest BCUT2D eigenvalue weighted by Gasteiger charge is 2.15. The van der Waals surface area contributed by atoms with Crippen LogP contribution in [0, 0.1) is 19.3 Å². The molecule has 0 atom stereocenters. The summed E-state index contributed by atoms with van der Waals surface area (Å²) in [6, 6.07) is 0. The summed E-state index contributed by atoms with van der Waals surface area (Å²) in [6.07, 6.45) is 6.36. The molecule has 6 heteroatoms. The third kappa shape index (κ3) is 3.34. The molecule has 0 aliphatic heterocycles. The normalized spacial score (nSPS) is 9.47. The van der Waals surface area contributed by atoms with Crippen molar-refractivity contribution >= 4 is 11.9 Å². The van der Waals surface area contributed by atoms with E-state index in [0.29, 0.717) is 11.3 Å². The molecule has 0 bridgehead atoms. The summed E-state index contributed by atoms with van der Waals surface area (Å²) in [4.78, 5) is 22.7. The fourth-order valence-electron chi connectivity index (χ4n) is 1.11. The first-order chi connectivity index (χ1) is 8.06. The van der Waals surface area contributed by atoms with Gasteiger partial charge in [-0.15, -0.1) is 6.42 Å². The van der Waals surface area contributed by atoms with Crippen LogP contribution in [0.2, 0.25) is 0 Å². The lowest BCUT2D eigenvalue weighted by Gasteiger charge is -2.04. The number of ether oxygens (including phenoxy) is 1. The maximum absolute atomic E-state index is 11.6. The number of terminal acetylenes is 1. The zero-order chi connectivity index (χ0) is 12.8. The zero-order valence-corrected chi connectivity index (χ0v) is 9.69. The number of carbonyl (C=O) groups is 2. The van der Waals surface area contributed by atoms with Gasteiger partial charge < -0.3 is 10.1 Å². The number of nitrogens with zero attached hydrogens (tertiary/aromatic N) is 2. The number of rotatable bonds is 4. The van der Waals surface area contributed by atoms with Crippen molar-refractivity contribution in [2.24, 2.45) is 7.05 Å². The summed E-state index contributed by atoms with van der Waals surface area (Å²) in [6.45, 7) is 1.50. The van der Waals surface area contributed by atoms with E-state index in [0.717, 1.165) is 0 Å². The van der Waals surface area contributed by atoms with Crippen molar-refractivity contribution in [3.63, 3.8) is 0 Å². The number of amides is 1. The third-order valence-electron chi connectivity index (χ3n) is 2.18. The Hall–Kier alpha value is -2.29. The van der Waals surface area contributed by atoms with Gasteiger partial charge in [-0.1, -0.05) is 5.92 Å². The van der Waals surface area contributed by atoms with Gasteiger partial charge in [0.1, 0.15) is 5.56 Å². The molecule has 1 amide bonds. The smallest absolute Gasteiger partial charge is 0.342 e. The Morgan fingerprint density at radius 2 is 2.35 bits per heavy atom. The van der Waals surface area contributed by atoms with Crippen LogP contribution in [0.25, 0.3) is 0 Å². The minimum absolute atomic E-state index is 0.113. The average molecular weight is 235 g/mol. The number of nitrogens with one attached hydrogen (secondary N) is 1. The average Bonchev–Trinajstić information content (AvgIpc) is 2.64. The van der Waals surface area contributed by atoms with Gasteiger partial charge in [0.25, 0.3) is 5.91 Å². The molecule has 1 N–H and O–H groups in total. The van der Waals surface area contributed by atoms with Crippen molar-refractivity contribution in [3.8, 4) is 12.3 Å². The lowest BCUT2D eigenvalue weighted by molar-refractivity contribution is -0.123. The molecule has 0 spiro atoms. The molecule has 6 nitrogen and oxygen atoms in total. The lowest BCUT2D eigenvalue weighted by atomic mass is 10.3. The Balaban J connectivity index is 2.48. The molecule has 0 saturated carbocycles. The van der Waals surface area contributed by atoms with Gasteiger partial charge in [-0.25, -0.2) is 4.79 Å². The molecule has 0 aromatic carbocycles. The van der Waals surface area contributed by atoms with Gasteiger partial charge in [0.2, 0.25) is 0 Å². The minimum atomic E-state index is -0.577. The van der Waals surface area contributed by atoms with E-state index in [9.17, 15) is 9.59 Å². The molecule has 0 aliphatic carbocycles. The highest BCUT2D eigenvalue weighted by Crippen LogP contribution is 2.06. The first-order valence-corrected chi connectivity index (χ1v) is 4.92. The van der Waals surface area contributed by atoms with Crippen molar-refractivity contribution in [1.29, 1.82) is 0 Å². The number of esters is 1. The molecular formula is C11H13N3O3. The fraction of sp³-hybridized carbons (Fsp3) is 0.364. The van der Waals surface area contributed by atoms with E-state index in [1.54, 1.807) is 18.7 Å². The minimum Gasteiger partial charge on any atom is -0.452 e. The van der Waals surface area contributed by atoms with Gasteiger partial charge in [0.15, 0.2) is 6.61 Å². The van der Waals surface area contributed by atoms with Crippen molar-refractivity contribution in [1.82, 2.24) is 15.1 Å². The monoisotopic (exact) mass is 235 g/mol. The molecule has 0 unspecified atom stereocenters. The van der Waals surface area contributed by atoms with Gasteiger partial charge in [-0.3, -0.25) is 9.48 Å². The van der Waals surface area contributed by atoms with E-state index in [4.69, 9.17) is 11.2 Å². The second kappa shape index (κ2) is 5.70. The van der Waals surface area contributed by atoms with E-state index in [1.165, 1.54) is 6.20 Å². The molecule has 1 heterocycles. The molecule has 17 heavy (non-hydrogen) atoms. The first kappa shape index (κ1) is 12.8. The number of aromatic nitrogens is 2. The van der Waals surface area contributed by atoms with Gasteiger partial charge >= 0.3 is 5.97 Å². The van der Waals surface area contributed by atoms with Crippen LogP contribution in [0.15, 0.2) is 6.20 Å². The largest absolute Gasteiger partial charge is 0.452 e. The Bertz CT molecular complexity index is 471. The van der Waals surface area contributed by atoms with Crippen molar-refractivity contribution < 1.29 is 14.3 Å². The number of carbonyl (C=O) groups excluding carboxylic acids is 2. The van der Waals surface area contributed by atoms with Crippen molar-refractivity contribution in [3.05, 3.63) is 17.5 Å². The summed E-state index contributed by atoms with van der Waals surface area (Å²) >= 11 is 0. The maximum atomic E-state index is 11.6. The van der Waals surface area contributed by atoms with Gasteiger partial charge in [-0.2, -0.15) is 5.10 Å². The number of hydrogen-bond acceptors (Lipinski definition) is 4. The van der Waals surface area contributed by atoms with Crippen molar-refractivity contribution in [2.45, 2.75) is 6.92 Å². The molecule has 0 radical (unpaired) electrons. The maximum Gasteiger partial charge on any atom is 0.342 e. The third-order valence-corrected chi connectivity index (χ3v) is 2.18. The van der Waals surface area contributed by atoms with Crippen LogP contribution in [-0.4, -0.2) is 34.8 Å². The van der Waals surface area contributed by atoms with Crippen LogP contribution < -0.4 is 5.32 Å². The quantitative estimate of drug-likeness (QED) is 0.571. The Kier molecular flexibility index (Phi) is 4.29. The number of hydrogen-bond donors (Lipinski definition) is 1. The number of aryl methyl sites for hydroxylation is 1. The Morgan fingerprint density at radius 1 is 1.65 bits per heavy atom. The molecular weight excluding hydrogens is 222 g/mol. The van der Waals surface area contributed by atoms with Crippen molar-refractivity contribution in [2.75, 3.05) is 13.2 Å². The van der Waals surface area contributed by atoms with E-state index < -0.39 is 11.9 Å². The van der Waals surface area contributed by atoms with Gasteiger partial charge in [-0.05, 0) is 6.92 Å².